The maximum atomic E-state index is 12.3. The highest BCUT2D eigenvalue weighted by Gasteiger charge is 2.26. The summed E-state index contributed by atoms with van der Waals surface area (Å²) in [5.74, 6) is -0.0856. The number of hydrogen-bond acceptors (Lipinski definition) is 4. The van der Waals surface area contributed by atoms with E-state index in [1.165, 1.54) is 25.3 Å². The van der Waals surface area contributed by atoms with Crippen molar-refractivity contribution >= 4 is 11.6 Å². The molecule has 0 saturated heterocycles. The van der Waals surface area contributed by atoms with Crippen molar-refractivity contribution in [3.05, 3.63) is 18.2 Å². The van der Waals surface area contributed by atoms with E-state index in [2.05, 4.69) is 15.4 Å². The van der Waals surface area contributed by atoms with E-state index in [9.17, 15) is 13.6 Å². The monoisotopic (exact) mass is 288 g/mol. The highest BCUT2D eigenvalue weighted by molar-refractivity contribution is 5.98. The maximum absolute atomic E-state index is 12.3. The SMILES string of the molecule is CNC(C)(C)C(=O)Nc1cc(OC)ccc1OC(F)F. The summed E-state index contributed by atoms with van der Waals surface area (Å²) in [6, 6.07) is 4.20. The largest absolute Gasteiger partial charge is 0.497 e. The first-order chi connectivity index (χ1) is 9.30. The zero-order valence-corrected chi connectivity index (χ0v) is 11.8. The molecule has 0 saturated carbocycles. The Kier molecular flexibility index (Phi) is 5.26. The summed E-state index contributed by atoms with van der Waals surface area (Å²) in [5, 5.41) is 5.36. The quantitative estimate of drug-likeness (QED) is 0.843. The predicted octanol–water partition coefficient (Wildman–Crippen LogP) is 2.23. The van der Waals surface area contributed by atoms with Gasteiger partial charge in [0.2, 0.25) is 5.91 Å². The second kappa shape index (κ2) is 6.51. The van der Waals surface area contributed by atoms with Crippen molar-refractivity contribution < 1.29 is 23.0 Å². The zero-order valence-electron chi connectivity index (χ0n) is 11.8. The topological polar surface area (TPSA) is 59.6 Å². The number of likely N-dealkylation sites (N-methyl/N-ethyl adjacent to an activating group) is 1. The molecule has 0 aliphatic heterocycles. The van der Waals surface area contributed by atoms with Gasteiger partial charge >= 0.3 is 6.61 Å². The number of amides is 1. The molecule has 0 aromatic heterocycles. The van der Waals surface area contributed by atoms with Crippen molar-refractivity contribution in [3.63, 3.8) is 0 Å². The van der Waals surface area contributed by atoms with Crippen molar-refractivity contribution in [2.45, 2.75) is 26.0 Å². The lowest BCUT2D eigenvalue weighted by atomic mass is 10.1. The molecule has 20 heavy (non-hydrogen) atoms. The number of hydrogen-bond donors (Lipinski definition) is 2. The zero-order chi connectivity index (χ0) is 15.3. The Morgan fingerprint density at radius 2 is 2.00 bits per heavy atom. The molecule has 7 heteroatoms. The molecule has 1 amide bonds. The Morgan fingerprint density at radius 3 is 2.50 bits per heavy atom. The van der Waals surface area contributed by atoms with Crippen LogP contribution >= 0.6 is 0 Å². The minimum atomic E-state index is -2.98. The van der Waals surface area contributed by atoms with Gasteiger partial charge in [-0.2, -0.15) is 8.78 Å². The van der Waals surface area contributed by atoms with Gasteiger partial charge in [0.05, 0.1) is 18.3 Å². The molecule has 0 heterocycles. The molecule has 1 aromatic rings. The molecule has 112 valence electrons. The fraction of sp³-hybridized carbons (Fsp3) is 0.462. The number of carbonyl (C=O) groups is 1. The molecule has 0 fully saturated rings. The molecule has 0 atom stereocenters. The van der Waals surface area contributed by atoms with Crippen LogP contribution in [0.15, 0.2) is 18.2 Å². The van der Waals surface area contributed by atoms with Gasteiger partial charge in [0.1, 0.15) is 11.5 Å². The number of halogens is 2. The third kappa shape index (κ3) is 4.06. The first-order valence-corrected chi connectivity index (χ1v) is 5.93. The smallest absolute Gasteiger partial charge is 0.387 e. The Hall–Kier alpha value is -1.89. The van der Waals surface area contributed by atoms with Crippen LogP contribution < -0.4 is 20.1 Å². The van der Waals surface area contributed by atoms with Gasteiger partial charge in [-0.15, -0.1) is 0 Å². The second-order valence-electron chi connectivity index (χ2n) is 4.57. The van der Waals surface area contributed by atoms with E-state index in [1.807, 2.05) is 0 Å². The number of alkyl halides is 2. The predicted molar refractivity (Wildman–Crippen MR) is 71.4 cm³/mol. The van der Waals surface area contributed by atoms with Crippen LogP contribution in [0.3, 0.4) is 0 Å². The molecular weight excluding hydrogens is 270 g/mol. The van der Waals surface area contributed by atoms with Gasteiger partial charge in [-0.25, -0.2) is 0 Å². The third-order valence-electron chi connectivity index (χ3n) is 2.84. The molecule has 5 nitrogen and oxygen atoms in total. The van der Waals surface area contributed by atoms with E-state index in [-0.39, 0.29) is 17.3 Å². The number of carbonyl (C=O) groups excluding carboxylic acids is 1. The van der Waals surface area contributed by atoms with Crippen LogP contribution in [0.1, 0.15) is 13.8 Å². The number of nitrogens with one attached hydrogen (secondary N) is 2. The van der Waals surface area contributed by atoms with Gasteiger partial charge in [-0.05, 0) is 33.0 Å². The van der Waals surface area contributed by atoms with Gasteiger partial charge in [0, 0.05) is 6.07 Å². The van der Waals surface area contributed by atoms with Crippen molar-refractivity contribution in [3.8, 4) is 11.5 Å². The summed E-state index contributed by atoms with van der Waals surface area (Å²) >= 11 is 0. The normalized spacial score (nSPS) is 11.3. The molecule has 0 bridgehead atoms. The molecule has 1 rings (SSSR count). The Balaban J connectivity index is 3.04. The minimum absolute atomic E-state index is 0.123. The molecule has 0 aliphatic carbocycles. The average Bonchev–Trinajstić information content (AvgIpc) is 2.40. The first-order valence-electron chi connectivity index (χ1n) is 5.93. The maximum Gasteiger partial charge on any atom is 0.387 e. The van der Waals surface area contributed by atoms with E-state index in [0.717, 1.165) is 0 Å². The average molecular weight is 288 g/mol. The number of rotatable bonds is 6. The second-order valence-corrected chi connectivity index (χ2v) is 4.57. The molecule has 0 spiro atoms. The lowest BCUT2D eigenvalue weighted by molar-refractivity contribution is -0.121. The first kappa shape index (κ1) is 16.2. The van der Waals surface area contributed by atoms with E-state index >= 15 is 0 Å². The van der Waals surface area contributed by atoms with Gasteiger partial charge in [-0.3, -0.25) is 4.79 Å². The van der Waals surface area contributed by atoms with Gasteiger partial charge in [0.15, 0.2) is 0 Å². The molecule has 1 aromatic carbocycles. The number of methoxy groups -OCH3 is 1. The standard InChI is InChI=1S/C13H18F2N2O3/c1-13(2,16-3)11(18)17-9-7-8(19-4)5-6-10(9)20-12(14)15/h5-7,12,16H,1-4H3,(H,17,18). The highest BCUT2D eigenvalue weighted by atomic mass is 19.3. The van der Waals surface area contributed by atoms with E-state index < -0.39 is 12.2 Å². The molecule has 2 N–H and O–H groups in total. The van der Waals surface area contributed by atoms with Gasteiger partial charge in [-0.1, -0.05) is 0 Å². The van der Waals surface area contributed by atoms with E-state index in [0.29, 0.717) is 5.75 Å². The number of benzene rings is 1. The molecule has 0 unspecified atom stereocenters. The lowest BCUT2D eigenvalue weighted by Gasteiger charge is -2.23. The number of anilines is 1. The molecule has 0 radical (unpaired) electrons. The van der Waals surface area contributed by atoms with Crippen molar-refractivity contribution in [2.75, 3.05) is 19.5 Å². The Bertz CT molecular complexity index is 479. The van der Waals surface area contributed by atoms with Gasteiger partial charge < -0.3 is 20.1 Å². The summed E-state index contributed by atoms with van der Waals surface area (Å²) in [6.07, 6.45) is 0. The highest BCUT2D eigenvalue weighted by Crippen LogP contribution is 2.31. The Morgan fingerprint density at radius 1 is 1.35 bits per heavy atom. The summed E-state index contributed by atoms with van der Waals surface area (Å²) < 4.78 is 34.1. The summed E-state index contributed by atoms with van der Waals surface area (Å²) in [4.78, 5) is 12.0. The van der Waals surface area contributed by atoms with Crippen molar-refractivity contribution in [1.82, 2.24) is 5.32 Å². The van der Waals surface area contributed by atoms with E-state index in [4.69, 9.17) is 4.74 Å². The van der Waals surface area contributed by atoms with Crippen LogP contribution in [0.4, 0.5) is 14.5 Å². The lowest BCUT2D eigenvalue weighted by Crippen LogP contribution is -2.47. The third-order valence-corrected chi connectivity index (χ3v) is 2.84. The fourth-order valence-electron chi connectivity index (χ4n) is 1.32. The van der Waals surface area contributed by atoms with Gasteiger partial charge in [0.25, 0.3) is 0 Å². The molecular formula is C13H18F2N2O3. The Labute approximate surface area is 116 Å². The van der Waals surface area contributed by atoms with Crippen LogP contribution in [0.2, 0.25) is 0 Å². The van der Waals surface area contributed by atoms with Crippen LogP contribution in [0, 0.1) is 0 Å². The summed E-state index contributed by atoms with van der Waals surface area (Å²) in [6.45, 7) is 0.350. The van der Waals surface area contributed by atoms with Crippen LogP contribution in [-0.2, 0) is 4.79 Å². The van der Waals surface area contributed by atoms with Crippen LogP contribution in [0.25, 0.3) is 0 Å². The molecule has 0 aliphatic rings. The minimum Gasteiger partial charge on any atom is -0.497 e. The van der Waals surface area contributed by atoms with Crippen molar-refractivity contribution in [2.24, 2.45) is 0 Å². The van der Waals surface area contributed by atoms with Crippen LogP contribution in [-0.4, -0.2) is 32.2 Å². The van der Waals surface area contributed by atoms with E-state index in [1.54, 1.807) is 20.9 Å². The summed E-state index contributed by atoms with van der Waals surface area (Å²) in [5.41, 5.74) is -0.733. The van der Waals surface area contributed by atoms with Crippen molar-refractivity contribution in [1.29, 1.82) is 0 Å². The fourth-order valence-corrected chi connectivity index (χ4v) is 1.32. The summed E-state index contributed by atoms with van der Waals surface area (Å²) in [7, 11) is 3.06. The number of ether oxygens (including phenoxy) is 2. The van der Waals surface area contributed by atoms with Crippen LogP contribution in [0.5, 0.6) is 11.5 Å².